The van der Waals surface area contributed by atoms with Gasteiger partial charge in [-0.2, -0.15) is 4.31 Å². The zero-order valence-corrected chi connectivity index (χ0v) is 18.2. The number of hydrogen-bond acceptors (Lipinski definition) is 7. The van der Waals surface area contributed by atoms with Gasteiger partial charge in [0.05, 0.1) is 23.9 Å². The van der Waals surface area contributed by atoms with Crippen molar-refractivity contribution in [3.63, 3.8) is 0 Å². The Morgan fingerprint density at radius 3 is 2.35 bits per heavy atom. The van der Waals surface area contributed by atoms with E-state index < -0.39 is 15.9 Å². The van der Waals surface area contributed by atoms with Crippen LogP contribution in [0.3, 0.4) is 0 Å². The number of amides is 1. The highest BCUT2D eigenvalue weighted by Gasteiger charge is 2.26. The van der Waals surface area contributed by atoms with Crippen molar-refractivity contribution in [1.82, 2.24) is 19.1 Å². The molecule has 1 amide bonds. The number of primary amides is 1. The summed E-state index contributed by atoms with van der Waals surface area (Å²) in [6, 6.07) is 16.0. The Morgan fingerprint density at radius 1 is 1.03 bits per heavy atom. The summed E-state index contributed by atoms with van der Waals surface area (Å²) in [4.78, 5) is 11.4. The monoisotopic (exact) mass is 459 g/mol. The number of ether oxygens (including phenoxy) is 1. The molecule has 0 aliphatic carbocycles. The molecule has 1 aliphatic heterocycles. The molecule has 0 atom stereocenters. The zero-order chi connectivity index (χ0) is 21.8. The van der Waals surface area contributed by atoms with Crippen LogP contribution in [0.25, 0.3) is 17.1 Å². The number of aromatic nitrogens is 3. The fraction of sp³-hybridized carbons (Fsp3) is 0.250. The second kappa shape index (κ2) is 9.18. The SMILES string of the molecule is NC(=O)CSc1nnc(-c2ccc(S(=O)(=O)N3CCOCC3)cc2)n1-c1ccccc1. The summed E-state index contributed by atoms with van der Waals surface area (Å²) in [5.74, 6) is 0.155. The number of rotatable bonds is 7. The number of thioether (sulfide) groups is 1. The molecule has 4 rings (SSSR count). The summed E-state index contributed by atoms with van der Waals surface area (Å²) >= 11 is 1.19. The summed E-state index contributed by atoms with van der Waals surface area (Å²) in [5, 5.41) is 9.02. The molecule has 31 heavy (non-hydrogen) atoms. The van der Waals surface area contributed by atoms with Crippen LogP contribution in [-0.2, 0) is 19.6 Å². The van der Waals surface area contributed by atoms with Gasteiger partial charge in [-0.15, -0.1) is 10.2 Å². The highest BCUT2D eigenvalue weighted by atomic mass is 32.2. The number of para-hydroxylation sites is 1. The van der Waals surface area contributed by atoms with Gasteiger partial charge in [-0.25, -0.2) is 8.42 Å². The van der Waals surface area contributed by atoms with E-state index in [4.69, 9.17) is 10.5 Å². The van der Waals surface area contributed by atoms with Gasteiger partial charge in [0.1, 0.15) is 0 Å². The Labute approximate surface area is 184 Å². The first kappa shape index (κ1) is 21.5. The van der Waals surface area contributed by atoms with Gasteiger partial charge >= 0.3 is 0 Å². The van der Waals surface area contributed by atoms with E-state index >= 15 is 0 Å². The average molecular weight is 460 g/mol. The molecule has 2 heterocycles. The molecule has 1 aliphatic rings. The summed E-state index contributed by atoms with van der Waals surface area (Å²) in [6.45, 7) is 1.46. The van der Waals surface area contributed by atoms with E-state index in [0.29, 0.717) is 42.8 Å². The largest absolute Gasteiger partial charge is 0.379 e. The fourth-order valence-corrected chi connectivity index (χ4v) is 5.31. The molecule has 2 N–H and O–H groups in total. The van der Waals surface area contributed by atoms with Crippen LogP contribution in [0, 0.1) is 0 Å². The first-order valence-corrected chi connectivity index (χ1v) is 12.0. The second-order valence-corrected chi connectivity index (χ2v) is 9.65. The van der Waals surface area contributed by atoms with Gasteiger partial charge in [-0.1, -0.05) is 30.0 Å². The van der Waals surface area contributed by atoms with Crippen LogP contribution in [0.1, 0.15) is 0 Å². The number of nitrogens with two attached hydrogens (primary N) is 1. The minimum atomic E-state index is -3.58. The number of benzene rings is 2. The van der Waals surface area contributed by atoms with E-state index in [2.05, 4.69) is 10.2 Å². The third-order valence-corrected chi connectivity index (χ3v) is 7.58. The molecule has 9 nitrogen and oxygen atoms in total. The Balaban J connectivity index is 1.69. The Bertz CT molecular complexity index is 1160. The molecule has 0 bridgehead atoms. The van der Waals surface area contributed by atoms with Crippen LogP contribution < -0.4 is 5.73 Å². The first-order chi connectivity index (χ1) is 15.0. The lowest BCUT2D eigenvalue weighted by molar-refractivity contribution is -0.115. The van der Waals surface area contributed by atoms with Crippen LogP contribution in [0.4, 0.5) is 0 Å². The normalized spacial score (nSPS) is 15.1. The quantitative estimate of drug-likeness (QED) is 0.532. The standard InChI is InChI=1S/C20H21N5O4S2/c21-18(26)14-30-20-23-22-19(25(20)16-4-2-1-3-5-16)15-6-8-17(9-7-15)31(27,28)24-10-12-29-13-11-24/h1-9H,10-14H2,(H2,21,26). The number of morpholine rings is 1. The minimum Gasteiger partial charge on any atom is -0.379 e. The summed E-state index contributed by atoms with van der Waals surface area (Å²) < 4.78 is 34.2. The molecule has 162 valence electrons. The maximum Gasteiger partial charge on any atom is 0.243 e. The Kier molecular flexibility index (Phi) is 6.37. The second-order valence-electron chi connectivity index (χ2n) is 6.77. The highest BCUT2D eigenvalue weighted by molar-refractivity contribution is 7.99. The molecule has 2 aromatic carbocycles. The smallest absolute Gasteiger partial charge is 0.243 e. The molecule has 1 aromatic heterocycles. The maximum atomic E-state index is 12.9. The summed E-state index contributed by atoms with van der Waals surface area (Å²) in [5.41, 5.74) is 6.80. The van der Waals surface area contributed by atoms with Gasteiger partial charge in [0.2, 0.25) is 15.9 Å². The lowest BCUT2D eigenvalue weighted by Crippen LogP contribution is -2.40. The number of nitrogens with zero attached hydrogens (tertiary/aromatic N) is 4. The molecule has 0 radical (unpaired) electrons. The first-order valence-electron chi connectivity index (χ1n) is 9.57. The van der Waals surface area contributed by atoms with Crippen LogP contribution in [0.5, 0.6) is 0 Å². The maximum absolute atomic E-state index is 12.9. The minimum absolute atomic E-state index is 0.0711. The van der Waals surface area contributed by atoms with Crippen molar-refractivity contribution in [1.29, 1.82) is 0 Å². The predicted octanol–water partition coefficient (Wildman–Crippen LogP) is 1.53. The zero-order valence-electron chi connectivity index (χ0n) is 16.5. The van der Waals surface area contributed by atoms with Crippen molar-refractivity contribution < 1.29 is 17.9 Å². The van der Waals surface area contributed by atoms with E-state index in [0.717, 1.165) is 5.69 Å². The summed E-state index contributed by atoms with van der Waals surface area (Å²) in [6.07, 6.45) is 0. The summed E-state index contributed by atoms with van der Waals surface area (Å²) in [7, 11) is -3.58. The van der Waals surface area contributed by atoms with Gasteiger partial charge in [-0.05, 0) is 36.4 Å². The van der Waals surface area contributed by atoms with E-state index in [9.17, 15) is 13.2 Å². The average Bonchev–Trinajstić information content (AvgIpc) is 3.23. The lowest BCUT2D eigenvalue weighted by Gasteiger charge is -2.26. The van der Waals surface area contributed by atoms with Crippen molar-refractivity contribution in [2.45, 2.75) is 10.1 Å². The van der Waals surface area contributed by atoms with Crippen LogP contribution in [0.2, 0.25) is 0 Å². The third kappa shape index (κ3) is 4.64. The molecule has 1 fully saturated rings. The molecule has 1 saturated heterocycles. The number of carbonyl (C=O) groups is 1. The van der Waals surface area contributed by atoms with Gasteiger partial charge in [0.15, 0.2) is 11.0 Å². The van der Waals surface area contributed by atoms with E-state index in [1.165, 1.54) is 16.1 Å². The van der Waals surface area contributed by atoms with E-state index in [1.807, 2.05) is 34.9 Å². The lowest BCUT2D eigenvalue weighted by atomic mass is 10.2. The van der Waals surface area contributed by atoms with E-state index in [1.54, 1.807) is 24.3 Å². The molecular weight excluding hydrogens is 438 g/mol. The van der Waals surface area contributed by atoms with Crippen molar-refractivity contribution >= 4 is 27.7 Å². The number of sulfonamides is 1. The van der Waals surface area contributed by atoms with E-state index in [-0.39, 0.29) is 10.6 Å². The molecule has 0 saturated carbocycles. The third-order valence-electron chi connectivity index (χ3n) is 4.71. The Hall–Kier alpha value is -2.73. The van der Waals surface area contributed by atoms with Crippen molar-refractivity contribution in [3.8, 4) is 17.1 Å². The topological polar surface area (TPSA) is 120 Å². The molecule has 3 aromatic rings. The van der Waals surface area contributed by atoms with Gasteiger partial charge < -0.3 is 10.5 Å². The fourth-order valence-electron chi connectivity index (χ4n) is 3.21. The molecule has 0 spiro atoms. The van der Waals surface area contributed by atoms with Gasteiger partial charge in [-0.3, -0.25) is 9.36 Å². The van der Waals surface area contributed by atoms with Crippen LogP contribution in [0.15, 0.2) is 64.6 Å². The van der Waals surface area contributed by atoms with Gasteiger partial charge in [0.25, 0.3) is 0 Å². The van der Waals surface area contributed by atoms with Crippen molar-refractivity contribution in [3.05, 3.63) is 54.6 Å². The van der Waals surface area contributed by atoms with Crippen molar-refractivity contribution in [2.24, 2.45) is 5.73 Å². The number of hydrogen-bond donors (Lipinski definition) is 1. The van der Waals surface area contributed by atoms with Crippen molar-refractivity contribution in [2.75, 3.05) is 32.1 Å². The molecular formula is C20H21N5O4S2. The predicted molar refractivity (Wildman–Crippen MR) is 116 cm³/mol. The van der Waals surface area contributed by atoms with Gasteiger partial charge in [0, 0.05) is 24.3 Å². The Morgan fingerprint density at radius 2 is 1.71 bits per heavy atom. The van der Waals surface area contributed by atoms with Crippen LogP contribution >= 0.6 is 11.8 Å². The molecule has 0 unspecified atom stereocenters. The number of carbonyl (C=O) groups excluding carboxylic acids is 1. The van der Waals surface area contributed by atoms with Crippen LogP contribution in [-0.4, -0.2) is 65.5 Å². The highest BCUT2D eigenvalue weighted by Crippen LogP contribution is 2.29. The molecule has 11 heteroatoms.